The van der Waals surface area contributed by atoms with E-state index in [1.807, 2.05) is 20.8 Å². The minimum Gasteiger partial charge on any atom is -0.444 e. The first-order valence-electron chi connectivity index (χ1n) is 6.10. The molecule has 0 spiro atoms. The second-order valence-electron chi connectivity index (χ2n) is 4.98. The summed E-state index contributed by atoms with van der Waals surface area (Å²) in [4.78, 5) is 13.4. The van der Waals surface area contributed by atoms with Crippen molar-refractivity contribution in [3.8, 4) is 0 Å². The van der Waals surface area contributed by atoms with E-state index < -0.39 is 5.60 Å². The van der Waals surface area contributed by atoms with E-state index >= 15 is 0 Å². The molecule has 0 aliphatic carbocycles. The van der Waals surface area contributed by atoms with Crippen LogP contribution in [0, 0.1) is 0 Å². The highest BCUT2D eigenvalue weighted by atomic mass is 16.6. The molecular formula is C12H25NO4. The summed E-state index contributed by atoms with van der Waals surface area (Å²) < 4.78 is 5.27. The highest BCUT2D eigenvalue weighted by Gasteiger charge is 2.21. The smallest absolute Gasteiger partial charge is 0.410 e. The Labute approximate surface area is 103 Å². The number of aliphatic hydroxyl groups excluding tert-OH is 2. The Balaban J connectivity index is 4.19. The van der Waals surface area contributed by atoms with Crippen LogP contribution >= 0.6 is 0 Å². The van der Waals surface area contributed by atoms with Gasteiger partial charge in [-0.25, -0.2) is 4.79 Å². The van der Waals surface area contributed by atoms with Crippen LogP contribution in [-0.4, -0.2) is 53.1 Å². The maximum atomic E-state index is 11.8. The van der Waals surface area contributed by atoms with Gasteiger partial charge in [-0.2, -0.15) is 0 Å². The van der Waals surface area contributed by atoms with E-state index in [0.717, 1.165) is 6.42 Å². The second-order valence-corrected chi connectivity index (χ2v) is 4.98. The summed E-state index contributed by atoms with van der Waals surface area (Å²) in [5.74, 6) is 0. The van der Waals surface area contributed by atoms with Crippen molar-refractivity contribution in [1.82, 2.24) is 4.90 Å². The first kappa shape index (κ1) is 16.2. The number of nitrogens with zero attached hydrogens (tertiary/aromatic N) is 1. The number of carbonyl (C=O) groups excluding carboxylic acids is 1. The summed E-state index contributed by atoms with van der Waals surface area (Å²) in [7, 11) is 0. The third-order valence-electron chi connectivity index (χ3n) is 2.07. The predicted molar refractivity (Wildman–Crippen MR) is 65.8 cm³/mol. The summed E-state index contributed by atoms with van der Waals surface area (Å²) in [5.41, 5.74) is -0.508. The molecule has 17 heavy (non-hydrogen) atoms. The first-order chi connectivity index (χ1) is 7.90. The molecule has 0 rings (SSSR count). The number of carbonyl (C=O) groups is 1. The number of amides is 1. The molecule has 0 fully saturated rings. The van der Waals surface area contributed by atoms with Gasteiger partial charge in [-0.15, -0.1) is 0 Å². The van der Waals surface area contributed by atoms with Crippen molar-refractivity contribution in [1.29, 1.82) is 0 Å². The molecule has 0 unspecified atom stereocenters. The van der Waals surface area contributed by atoms with Crippen LogP contribution < -0.4 is 0 Å². The van der Waals surface area contributed by atoms with Gasteiger partial charge in [0, 0.05) is 26.3 Å². The van der Waals surface area contributed by atoms with Crippen LogP contribution in [0.2, 0.25) is 0 Å². The summed E-state index contributed by atoms with van der Waals surface area (Å²) in [5, 5.41) is 17.5. The molecule has 0 aliphatic rings. The molecule has 1 amide bonds. The molecule has 2 N–H and O–H groups in total. The van der Waals surface area contributed by atoms with Crippen molar-refractivity contribution in [3.05, 3.63) is 0 Å². The van der Waals surface area contributed by atoms with E-state index in [9.17, 15) is 4.79 Å². The average Bonchev–Trinajstić information content (AvgIpc) is 2.20. The molecular weight excluding hydrogens is 222 g/mol. The monoisotopic (exact) mass is 247 g/mol. The van der Waals surface area contributed by atoms with E-state index in [1.165, 1.54) is 0 Å². The van der Waals surface area contributed by atoms with Gasteiger partial charge in [-0.05, 0) is 40.0 Å². The molecule has 0 saturated carbocycles. The van der Waals surface area contributed by atoms with Gasteiger partial charge in [-0.3, -0.25) is 0 Å². The maximum absolute atomic E-state index is 11.8. The fraction of sp³-hybridized carbons (Fsp3) is 0.917. The van der Waals surface area contributed by atoms with Crippen molar-refractivity contribution in [2.24, 2.45) is 0 Å². The van der Waals surface area contributed by atoms with Crippen molar-refractivity contribution < 1.29 is 19.7 Å². The van der Waals surface area contributed by atoms with E-state index in [1.54, 1.807) is 4.90 Å². The second kappa shape index (κ2) is 8.31. The highest BCUT2D eigenvalue weighted by molar-refractivity contribution is 5.68. The lowest BCUT2D eigenvalue weighted by Gasteiger charge is -2.27. The number of ether oxygens (including phenoxy) is 1. The Kier molecular flexibility index (Phi) is 7.91. The molecule has 0 aliphatic heterocycles. The van der Waals surface area contributed by atoms with Crippen molar-refractivity contribution >= 4 is 6.09 Å². The quantitative estimate of drug-likeness (QED) is 0.667. The normalized spacial score (nSPS) is 11.4. The van der Waals surface area contributed by atoms with Gasteiger partial charge in [-0.1, -0.05) is 0 Å². The third-order valence-corrected chi connectivity index (χ3v) is 2.07. The van der Waals surface area contributed by atoms with Crippen LogP contribution in [0.4, 0.5) is 4.79 Å². The van der Waals surface area contributed by atoms with Crippen LogP contribution in [0.25, 0.3) is 0 Å². The number of rotatable bonds is 7. The zero-order valence-corrected chi connectivity index (χ0v) is 11.1. The van der Waals surface area contributed by atoms with Crippen LogP contribution in [-0.2, 0) is 4.74 Å². The van der Waals surface area contributed by atoms with Crippen LogP contribution in [0.1, 0.15) is 40.0 Å². The van der Waals surface area contributed by atoms with E-state index in [2.05, 4.69) is 0 Å². The molecule has 5 heteroatoms. The maximum Gasteiger partial charge on any atom is 0.410 e. The summed E-state index contributed by atoms with van der Waals surface area (Å²) in [6, 6.07) is 0. The molecule has 0 heterocycles. The minimum atomic E-state index is -0.508. The lowest BCUT2D eigenvalue weighted by molar-refractivity contribution is 0.0235. The standard InChI is InChI=1S/C12H25NO4/c1-12(2,3)17-11(16)13(8-6-10-15)7-4-5-9-14/h14-15H,4-10H2,1-3H3. The topological polar surface area (TPSA) is 70.0 Å². The van der Waals surface area contributed by atoms with Gasteiger partial charge in [0.15, 0.2) is 0 Å². The largest absolute Gasteiger partial charge is 0.444 e. The molecule has 0 saturated heterocycles. The predicted octanol–water partition coefficient (Wildman–Crippen LogP) is 1.38. The average molecular weight is 247 g/mol. The Morgan fingerprint density at radius 3 is 2.06 bits per heavy atom. The van der Waals surface area contributed by atoms with Crippen molar-refractivity contribution in [3.63, 3.8) is 0 Å². The molecule has 0 atom stereocenters. The summed E-state index contributed by atoms with van der Waals surface area (Å²) in [6.07, 6.45) is 1.58. The molecule has 0 aromatic carbocycles. The van der Waals surface area contributed by atoms with Crippen LogP contribution in [0.5, 0.6) is 0 Å². The van der Waals surface area contributed by atoms with Gasteiger partial charge in [0.25, 0.3) is 0 Å². The Morgan fingerprint density at radius 1 is 1.06 bits per heavy atom. The van der Waals surface area contributed by atoms with Gasteiger partial charge >= 0.3 is 6.09 Å². The third kappa shape index (κ3) is 8.94. The number of hydrogen-bond donors (Lipinski definition) is 2. The molecule has 0 aromatic rings. The van der Waals surface area contributed by atoms with E-state index in [0.29, 0.717) is 25.9 Å². The fourth-order valence-corrected chi connectivity index (χ4v) is 1.30. The van der Waals surface area contributed by atoms with Gasteiger partial charge in [0.1, 0.15) is 5.60 Å². The van der Waals surface area contributed by atoms with Crippen LogP contribution in [0.3, 0.4) is 0 Å². The summed E-state index contributed by atoms with van der Waals surface area (Å²) in [6.45, 7) is 6.68. The van der Waals surface area contributed by atoms with Gasteiger partial charge < -0.3 is 19.8 Å². The van der Waals surface area contributed by atoms with E-state index in [4.69, 9.17) is 14.9 Å². The highest BCUT2D eigenvalue weighted by Crippen LogP contribution is 2.10. The molecule has 0 radical (unpaired) electrons. The summed E-state index contributed by atoms with van der Waals surface area (Å²) >= 11 is 0. The lowest BCUT2D eigenvalue weighted by atomic mass is 10.2. The molecule has 102 valence electrons. The zero-order chi connectivity index (χ0) is 13.3. The molecule has 5 nitrogen and oxygen atoms in total. The minimum absolute atomic E-state index is 0.0549. The van der Waals surface area contributed by atoms with Gasteiger partial charge in [0.05, 0.1) is 0 Å². The Hall–Kier alpha value is -0.810. The number of hydrogen-bond acceptors (Lipinski definition) is 4. The fourth-order valence-electron chi connectivity index (χ4n) is 1.30. The Morgan fingerprint density at radius 2 is 1.59 bits per heavy atom. The zero-order valence-electron chi connectivity index (χ0n) is 11.1. The number of aliphatic hydroxyl groups is 2. The lowest BCUT2D eigenvalue weighted by Crippen LogP contribution is -2.38. The SMILES string of the molecule is CC(C)(C)OC(=O)N(CCCO)CCCCO. The van der Waals surface area contributed by atoms with Crippen molar-refractivity contribution in [2.45, 2.75) is 45.6 Å². The van der Waals surface area contributed by atoms with Gasteiger partial charge in [0.2, 0.25) is 0 Å². The number of unbranched alkanes of at least 4 members (excludes halogenated alkanes) is 1. The first-order valence-corrected chi connectivity index (χ1v) is 6.10. The van der Waals surface area contributed by atoms with Crippen LogP contribution in [0.15, 0.2) is 0 Å². The molecule has 0 bridgehead atoms. The Bertz CT molecular complexity index is 213. The molecule has 0 aromatic heterocycles. The van der Waals surface area contributed by atoms with Crippen molar-refractivity contribution in [2.75, 3.05) is 26.3 Å². The van der Waals surface area contributed by atoms with E-state index in [-0.39, 0.29) is 19.3 Å².